The van der Waals surface area contributed by atoms with Crippen molar-refractivity contribution >= 4 is 11.6 Å². The summed E-state index contributed by atoms with van der Waals surface area (Å²) in [4.78, 5) is 0. The Hall–Kier alpha value is -2.02. The summed E-state index contributed by atoms with van der Waals surface area (Å²) in [7, 11) is 0. The largest absolute Gasteiger partial charge is 0.508 e. The van der Waals surface area contributed by atoms with Gasteiger partial charge in [-0.2, -0.15) is 0 Å². The van der Waals surface area contributed by atoms with Crippen molar-refractivity contribution in [2.45, 2.75) is 51.9 Å². The van der Waals surface area contributed by atoms with E-state index in [-0.39, 0.29) is 10.8 Å². The second-order valence-electron chi connectivity index (χ2n) is 8.12. The molecule has 1 aliphatic carbocycles. The molecule has 2 aromatic rings. The van der Waals surface area contributed by atoms with Crippen LogP contribution in [0.15, 0.2) is 42.5 Å². The van der Waals surface area contributed by atoms with E-state index < -0.39 is 0 Å². The maximum Gasteiger partial charge on any atom is 0.115 e. The zero-order chi connectivity index (χ0) is 16.8. The molecule has 0 heterocycles. The molecule has 1 heteroatoms. The third-order valence-corrected chi connectivity index (χ3v) is 5.09. The van der Waals surface area contributed by atoms with Gasteiger partial charge < -0.3 is 5.11 Å². The summed E-state index contributed by atoms with van der Waals surface area (Å²) >= 11 is 0. The lowest BCUT2D eigenvalue weighted by Crippen LogP contribution is -2.17. The van der Waals surface area contributed by atoms with Crippen LogP contribution in [-0.2, 0) is 10.8 Å². The van der Waals surface area contributed by atoms with Gasteiger partial charge in [-0.15, -0.1) is 0 Å². The molecular weight excluding hydrogens is 280 g/mol. The average molecular weight is 306 g/mol. The number of aromatic hydroxyl groups is 1. The lowest BCUT2D eigenvalue weighted by molar-refractivity contribution is 0.403. The summed E-state index contributed by atoms with van der Waals surface area (Å²) in [6, 6.07) is 14.3. The fourth-order valence-electron chi connectivity index (χ4n) is 4.14. The maximum absolute atomic E-state index is 9.40. The van der Waals surface area contributed by atoms with Crippen LogP contribution in [0.5, 0.6) is 5.75 Å². The van der Waals surface area contributed by atoms with Crippen LogP contribution in [0.25, 0.3) is 11.6 Å². The Balaban J connectivity index is 2.01. The molecule has 0 unspecified atom stereocenters. The highest BCUT2D eigenvalue weighted by Gasteiger charge is 2.41. The van der Waals surface area contributed by atoms with Gasteiger partial charge in [0.05, 0.1) is 0 Å². The molecule has 1 aliphatic rings. The standard InChI is InChI=1S/C22H26O/c1-15(12-16-6-9-18(23)10-7-16)17-8-11-19-20(13-17)22(4,5)14-21(19,2)3/h6-13,23H,14H2,1-5H3. The van der Waals surface area contributed by atoms with Gasteiger partial charge >= 0.3 is 0 Å². The molecule has 1 nitrogen and oxygen atoms in total. The van der Waals surface area contributed by atoms with E-state index in [1.54, 1.807) is 12.1 Å². The SMILES string of the molecule is CC(=Cc1ccc(O)cc1)c1ccc2c(c1)C(C)(C)CC2(C)C. The second kappa shape index (κ2) is 5.26. The number of allylic oxidation sites excluding steroid dienone is 1. The first kappa shape index (κ1) is 15.9. The third-order valence-electron chi connectivity index (χ3n) is 5.09. The molecule has 0 saturated heterocycles. The van der Waals surface area contributed by atoms with Crippen LogP contribution in [0.2, 0.25) is 0 Å². The number of phenolic OH excluding ortho intramolecular Hbond substituents is 1. The third kappa shape index (κ3) is 2.93. The molecular formula is C22H26O. The minimum atomic E-state index is 0.230. The van der Waals surface area contributed by atoms with Gasteiger partial charge in [-0.1, -0.05) is 64.1 Å². The fraction of sp³-hybridized carbons (Fsp3) is 0.364. The summed E-state index contributed by atoms with van der Waals surface area (Å²) in [6.07, 6.45) is 3.37. The lowest BCUT2D eigenvalue weighted by atomic mass is 9.82. The molecule has 0 fully saturated rings. The first-order valence-corrected chi connectivity index (χ1v) is 8.32. The summed E-state index contributed by atoms with van der Waals surface area (Å²) in [6.45, 7) is 11.5. The maximum atomic E-state index is 9.40. The molecule has 3 rings (SSSR count). The Kier molecular flexibility index (Phi) is 3.63. The number of hydrogen-bond donors (Lipinski definition) is 1. The van der Waals surface area contributed by atoms with Gasteiger partial charge in [-0.25, -0.2) is 0 Å². The first-order valence-electron chi connectivity index (χ1n) is 8.32. The van der Waals surface area contributed by atoms with Gasteiger partial charge in [-0.3, -0.25) is 0 Å². The van der Waals surface area contributed by atoms with Crippen LogP contribution in [0.4, 0.5) is 0 Å². The number of hydrogen-bond acceptors (Lipinski definition) is 1. The van der Waals surface area contributed by atoms with E-state index in [0.717, 1.165) is 5.56 Å². The van der Waals surface area contributed by atoms with Crippen molar-refractivity contribution in [1.82, 2.24) is 0 Å². The van der Waals surface area contributed by atoms with E-state index >= 15 is 0 Å². The Morgan fingerprint density at radius 3 is 2.17 bits per heavy atom. The summed E-state index contributed by atoms with van der Waals surface area (Å²) < 4.78 is 0. The molecule has 0 radical (unpaired) electrons. The molecule has 0 aliphatic heterocycles. The van der Waals surface area contributed by atoms with Gasteiger partial charge in [0, 0.05) is 0 Å². The Morgan fingerprint density at radius 2 is 1.52 bits per heavy atom. The van der Waals surface area contributed by atoms with Gasteiger partial charge in [0.1, 0.15) is 5.75 Å². The molecule has 0 bridgehead atoms. The second-order valence-corrected chi connectivity index (χ2v) is 8.12. The number of fused-ring (bicyclic) bond motifs is 1. The van der Waals surface area contributed by atoms with E-state index in [9.17, 15) is 5.11 Å². The average Bonchev–Trinajstić information content (AvgIpc) is 2.66. The van der Waals surface area contributed by atoms with Crippen molar-refractivity contribution in [2.75, 3.05) is 0 Å². The monoisotopic (exact) mass is 306 g/mol. The zero-order valence-corrected chi connectivity index (χ0v) is 14.8. The van der Waals surface area contributed by atoms with E-state index in [1.165, 1.54) is 28.7 Å². The normalized spacial score (nSPS) is 18.7. The summed E-state index contributed by atoms with van der Waals surface area (Å²) in [5, 5.41) is 9.40. The quantitative estimate of drug-likeness (QED) is 0.684. The number of rotatable bonds is 2. The molecule has 0 atom stereocenters. The van der Waals surface area contributed by atoms with Gasteiger partial charge in [0.2, 0.25) is 0 Å². The van der Waals surface area contributed by atoms with Crippen molar-refractivity contribution in [3.05, 3.63) is 64.7 Å². The van der Waals surface area contributed by atoms with Crippen LogP contribution in [0.3, 0.4) is 0 Å². The van der Waals surface area contributed by atoms with Gasteiger partial charge in [-0.05, 0) is 64.1 Å². The highest BCUT2D eigenvalue weighted by Crippen LogP contribution is 2.49. The Bertz CT molecular complexity index is 761. The van der Waals surface area contributed by atoms with Gasteiger partial charge in [0.15, 0.2) is 0 Å². The van der Waals surface area contributed by atoms with E-state index in [4.69, 9.17) is 0 Å². The molecule has 0 aromatic heterocycles. The van der Waals surface area contributed by atoms with Crippen molar-refractivity contribution in [1.29, 1.82) is 0 Å². The summed E-state index contributed by atoms with van der Waals surface area (Å²) in [5.74, 6) is 0.307. The van der Waals surface area contributed by atoms with Crippen molar-refractivity contribution in [3.63, 3.8) is 0 Å². The van der Waals surface area contributed by atoms with Crippen molar-refractivity contribution < 1.29 is 5.11 Å². The molecule has 0 saturated carbocycles. The van der Waals surface area contributed by atoms with Gasteiger partial charge in [0.25, 0.3) is 0 Å². The zero-order valence-electron chi connectivity index (χ0n) is 14.8. The highest BCUT2D eigenvalue weighted by molar-refractivity contribution is 5.81. The minimum Gasteiger partial charge on any atom is -0.508 e. The fourth-order valence-corrected chi connectivity index (χ4v) is 4.14. The molecule has 120 valence electrons. The summed E-state index contributed by atoms with van der Waals surface area (Å²) in [5.41, 5.74) is 7.10. The number of phenols is 1. The topological polar surface area (TPSA) is 20.2 Å². The van der Waals surface area contributed by atoms with Crippen LogP contribution in [0, 0.1) is 0 Å². The molecule has 23 heavy (non-hydrogen) atoms. The predicted molar refractivity (Wildman–Crippen MR) is 98.8 cm³/mol. The van der Waals surface area contributed by atoms with Crippen LogP contribution >= 0.6 is 0 Å². The Morgan fingerprint density at radius 1 is 0.913 bits per heavy atom. The van der Waals surface area contributed by atoms with Crippen molar-refractivity contribution in [3.8, 4) is 5.75 Å². The van der Waals surface area contributed by atoms with E-state index in [2.05, 4.69) is 58.9 Å². The molecule has 0 amide bonds. The smallest absolute Gasteiger partial charge is 0.115 e. The van der Waals surface area contributed by atoms with Crippen LogP contribution in [0.1, 0.15) is 63.3 Å². The first-order chi connectivity index (χ1) is 10.7. The predicted octanol–water partition coefficient (Wildman–Crippen LogP) is 5.91. The molecule has 1 N–H and O–H groups in total. The lowest BCUT2D eigenvalue weighted by Gasteiger charge is -2.22. The van der Waals surface area contributed by atoms with Crippen LogP contribution < -0.4 is 0 Å². The molecule has 2 aromatic carbocycles. The van der Waals surface area contributed by atoms with Crippen molar-refractivity contribution in [2.24, 2.45) is 0 Å². The highest BCUT2D eigenvalue weighted by atomic mass is 16.3. The Labute approximate surface area is 139 Å². The minimum absolute atomic E-state index is 0.230. The number of benzene rings is 2. The molecule has 0 spiro atoms. The van der Waals surface area contributed by atoms with E-state index in [0.29, 0.717) is 5.75 Å². The van der Waals surface area contributed by atoms with E-state index in [1.807, 2.05) is 12.1 Å². The van der Waals surface area contributed by atoms with Crippen LogP contribution in [-0.4, -0.2) is 5.11 Å².